The standard InChI is InChI=1S/C17H27N3/c1-3-14(15-9-5-4-6-10-15)13-19-17(18-2)20-16-11-7-8-12-16/h4-6,9-10,14,16H,3,7-8,11-13H2,1-2H3,(H2,18,19,20). The van der Waals surface area contributed by atoms with Gasteiger partial charge in [-0.15, -0.1) is 0 Å². The lowest BCUT2D eigenvalue weighted by Gasteiger charge is -2.20. The van der Waals surface area contributed by atoms with E-state index < -0.39 is 0 Å². The molecule has 0 aliphatic heterocycles. The second kappa shape index (κ2) is 7.93. The molecule has 1 fully saturated rings. The monoisotopic (exact) mass is 273 g/mol. The molecule has 3 nitrogen and oxygen atoms in total. The van der Waals surface area contributed by atoms with Gasteiger partial charge < -0.3 is 10.6 Å². The normalized spacial score (nSPS) is 18.0. The van der Waals surface area contributed by atoms with Gasteiger partial charge in [-0.2, -0.15) is 0 Å². The third-order valence-corrected chi connectivity index (χ3v) is 4.20. The molecule has 1 atom stereocenters. The molecule has 1 aliphatic carbocycles. The summed E-state index contributed by atoms with van der Waals surface area (Å²) >= 11 is 0. The van der Waals surface area contributed by atoms with Crippen molar-refractivity contribution >= 4 is 5.96 Å². The quantitative estimate of drug-likeness (QED) is 0.638. The second-order valence-corrected chi connectivity index (χ2v) is 5.59. The molecule has 0 heterocycles. The van der Waals surface area contributed by atoms with Gasteiger partial charge in [-0.1, -0.05) is 50.1 Å². The third kappa shape index (κ3) is 4.26. The molecule has 2 rings (SSSR count). The summed E-state index contributed by atoms with van der Waals surface area (Å²) in [6, 6.07) is 11.3. The van der Waals surface area contributed by atoms with Crippen molar-refractivity contribution in [2.24, 2.45) is 4.99 Å². The van der Waals surface area contributed by atoms with Gasteiger partial charge in [0.05, 0.1) is 0 Å². The molecule has 0 radical (unpaired) electrons. The van der Waals surface area contributed by atoms with Gasteiger partial charge in [0.2, 0.25) is 0 Å². The van der Waals surface area contributed by atoms with E-state index in [2.05, 4.69) is 52.9 Å². The van der Waals surface area contributed by atoms with Crippen molar-refractivity contribution in [1.82, 2.24) is 10.6 Å². The molecule has 110 valence electrons. The Morgan fingerprint density at radius 2 is 1.95 bits per heavy atom. The summed E-state index contributed by atoms with van der Waals surface area (Å²) in [6.07, 6.45) is 6.37. The van der Waals surface area contributed by atoms with Crippen LogP contribution in [-0.4, -0.2) is 25.6 Å². The molecular weight excluding hydrogens is 246 g/mol. The van der Waals surface area contributed by atoms with Crippen LogP contribution < -0.4 is 10.6 Å². The Morgan fingerprint density at radius 3 is 2.55 bits per heavy atom. The Bertz CT molecular complexity index is 408. The highest BCUT2D eigenvalue weighted by molar-refractivity contribution is 5.80. The maximum Gasteiger partial charge on any atom is 0.191 e. The molecule has 1 aromatic rings. The number of nitrogens with zero attached hydrogens (tertiary/aromatic N) is 1. The Balaban J connectivity index is 1.85. The minimum absolute atomic E-state index is 0.540. The van der Waals surface area contributed by atoms with Crippen LogP contribution in [0.4, 0.5) is 0 Å². The number of hydrogen-bond acceptors (Lipinski definition) is 1. The van der Waals surface area contributed by atoms with Gasteiger partial charge in [0.15, 0.2) is 5.96 Å². The van der Waals surface area contributed by atoms with E-state index in [0.717, 1.165) is 18.9 Å². The van der Waals surface area contributed by atoms with Crippen LogP contribution in [-0.2, 0) is 0 Å². The molecule has 0 bridgehead atoms. The Morgan fingerprint density at radius 1 is 1.25 bits per heavy atom. The minimum atomic E-state index is 0.540. The molecule has 3 heteroatoms. The molecule has 1 aromatic carbocycles. The predicted molar refractivity (Wildman–Crippen MR) is 86.2 cm³/mol. The van der Waals surface area contributed by atoms with Gasteiger partial charge in [0.1, 0.15) is 0 Å². The van der Waals surface area contributed by atoms with E-state index in [0.29, 0.717) is 12.0 Å². The molecule has 1 aliphatic rings. The third-order valence-electron chi connectivity index (χ3n) is 4.20. The summed E-state index contributed by atoms with van der Waals surface area (Å²) in [5.74, 6) is 1.49. The smallest absolute Gasteiger partial charge is 0.191 e. The molecule has 0 spiro atoms. The highest BCUT2D eigenvalue weighted by Gasteiger charge is 2.16. The summed E-state index contributed by atoms with van der Waals surface area (Å²) in [6.45, 7) is 3.18. The topological polar surface area (TPSA) is 36.4 Å². The zero-order valence-electron chi connectivity index (χ0n) is 12.7. The van der Waals surface area contributed by atoms with Gasteiger partial charge in [0.25, 0.3) is 0 Å². The highest BCUT2D eigenvalue weighted by Crippen LogP contribution is 2.19. The van der Waals surface area contributed by atoms with E-state index in [9.17, 15) is 0 Å². The lowest BCUT2D eigenvalue weighted by molar-refractivity contribution is 0.591. The summed E-state index contributed by atoms with van der Waals surface area (Å²) in [7, 11) is 1.85. The first-order valence-electron chi connectivity index (χ1n) is 7.85. The fourth-order valence-corrected chi connectivity index (χ4v) is 2.90. The fourth-order valence-electron chi connectivity index (χ4n) is 2.90. The average molecular weight is 273 g/mol. The molecule has 1 unspecified atom stereocenters. The Kier molecular flexibility index (Phi) is 5.90. The molecule has 0 saturated heterocycles. The van der Waals surface area contributed by atoms with Crippen LogP contribution in [0.25, 0.3) is 0 Å². The number of guanidine groups is 1. The summed E-state index contributed by atoms with van der Waals surface area (Å²) in [4.78, 5) is 4.35. The minimum Gasteiger partial charge on any atom is -0.356 e. The number of aliphatic imine (C=N–C) groups is 1. The largest absolute Gasteiger partial charge is 0.356 e. The van der Waals surface area contributed by atoms with Crippen molar-refractivity contribution < 1.29 is 0 Å². The first kappa shape index (κ1) is 14.9. The van der Waals surface area contributed by atoms with Crippen molar-refractivity contribution in [1.29, 1.82) is 0 Å². The number of rotatable bonds is 5. The van der Waals surface area contributed by atoms with Crippen molar-refractivity contribution in [3.05, 3.63) is 35.9 Å². The number of benzene rings is 1. The van der Waals surface area contributed by atoms with Crippen LogP contribution in [0.5, 0.6) is 0 Å². The number of nitrogens with one attached hydrogen (secondary N) is 2. The molecule has 0 aromatic heterocycles. The first-order chi connectivity index (χ1) is 9.83. The van der Waals surface area contributed by atoms with Crippen LogP contribution in [0.1, 0.15) is 50.5 Å². The highest BCUT2D eigenvalue weighted by atomic mass is 15.2. The van der Waals surface area contributed by atoms with Crippen LogP contribution in [0, 0.1) is 0 Å². The van der Waals surface area contributed by atoms with E-state index in [1.54, 1.807) is 0 Å². The van der Waals surface area contributed by atoms with Crippen molar-refractivity contribution in [2.45, 2.75) is 51.0 Å². The predicted octanol–water partition coefficient (Wildman–Crippen LogP) is 3.29. The fraction of sp³-hybridized carbons (Fsp3) is 0.588. The lowest BCUT2D eigenvalue weighted by atomic mass is 9.97. The zero-order chi connectivity index (χ0) is 14.2. The van der Waals surface area contributed by atoms with Crippen molar-refractivity contribution in [2.75, 3.05) is 13.6 Å². The van der Waals surface area contributed by atoms with Crippen molar-refractivity contribution in [3.63, 3.8) is 0 Å². The van der Waals surface area contributed by atoms with Gasteiger partial charge >= 0.3 is 0 Å². The van der Waals surface area contributed by atoms with Gasteiger partial charge in [-0.3, -0.25) is 4.99 Å². The molecule has 0 amide bonds. The van der Waals surface area contributed by atoms with E-state index >= 15 is 0 Å². The SMILES string of the molecule is CCC(CNC(=NC)NC1CCCC1)c1ccccc1. The summed E-state index contributed by atoms with van der Waals surface area (Å²) in [5.41, 5.74) is 1.40. The van der Waals surface area contributed by atoms with Gasteiger partial charge in [-0.05, 0) is 24.8 Å². The van der Waals surface area contributed by atoms with E-state index in [1.807, 2.05) is 7.05 Å². The number of hydrogen-bond donors (Lipinski definition) is 2. The van der Waals surface area contributed by atoms with Crippen LogP contribution in [0.3, 0.4) is 0 Å². The van der Waals surface area contributed by atoms with Crippen molar-refractivity contribution in [3.8, 4) is 0 Å². The van der Waals surface area contributed by atoms with E-state index in [1.165, 1.54) is 31.2 Å². The Labute approximate surface area is 122 Å². The lowest BCUT2D eigenvalue weighted by Crippen LogP contribution is -2.43. The maximum absolute atomic E-state index is 4.35. The van der Waals surface area contributed by atoms with E-state index in [-0.39, 0.29) is 0 Å². The average Bonchev–Trinajstić information content (AvgIpc) is 3.00. The molecular formula is C17H27N3. The van der Waals surface area contributed by atoms with E-state index in [4.69, 9.17) is 0 Å². The summed E-state index contributed by atoms with van der Waals surface area (Å²) in [5, 5.41) is 7.02. The zero-order valence-corrected chi connectivity index (χ0v) is 12.7. The Hall–Kier alpha value is -1.51. The second-order valence-electron chi connectivity index (χ2n) is 5.59. The van der Waals surface area contributed by atoms with Crippen LogP contribution >= 0.6 is 0 Å². The van der Waals surface area contributed by atoms with Gasteiger partial charge in [0, 0.05) is 25.6 Å². The van der Waals surface area contributed by atoms with Crippen LogP contribution in [0.15, 0.2) is 35.3 Å². The molecule has 1 saturated carbocycles. The first-order valence-corrected chi connectivity index (χ1v) is 7.85. The summed E-state index contributed by atoms with van der Waals surface area (Å²) < 4.78 is 0. The maximum atomic E-state index is 4.35. The molecule has 2 N–H and O–H groups in total. The van der Waals surface area contributed by atoms with Crippen LogP contribution in [0.2, 0.25) is 0 Å². The van der Waals surface area contributed by atoms with Gasteiger partial charge in [-0.25, -0.2) is 0 Å². The molecule has 20 heavy (non-hydrogen) atoms.